The lowest BCUT2D eigenvalue weighted by molar-refractivity contribution is -0.138. The second-order valence-corrected chi connectivity index (χ2v) is 5.57. The van der Waals surface area contributed by atoms with E-state index in [9.17, 15) is 18.0 Å². The molecule has 0 amide bonds. The lowest BCUT2D eigenvalue weighted by Crippen LogP contribution is -2.48. The summed E-state index contributed by atoms with van der Waals surface area (Å²) in [7, 11) is 0. The maximum atomic E-state index is 13.0. The van der Waals surface area contributed by atoms with E-state index < -0.39 is 11.7 Å². The van der Waals surface area contributed by atoms with E-state index in [1.165, 1.54) is 24.5 Å². The first-order valence-electron chi connectivity index (χ1n) is 6.90. The number of carbonyl (C=O) groups excluding carboxylic acids is 1. The Bertz CT molecular complexity index is 758. The Morgan fingerprint density at radius 3 is 2.46 bits per heavy atom. The van der Waals surface area contributed by atoms with E-state index in [-0.39, 0.29) is 41.8 Å². The fourth-order valence-electron chi connectivity index (χ4n) is 2.19. The Morgan fingerprint density at radius 1 is 1.21 bits per heavy atom. The Hall–Kier alpha value is -2.35. The SMILES string of the molecule is O=C1CN(c2ncc(OCc3c(Cl)cccc3C(F)(F)F)cn2)C1. The van der Waals surface area contributed by atoms with E-state index in [0.29, 0.717) is 5.95 Å². The quantitative estimate of drug-likeness (QED) is 0.841. The molecule has 9 heteroatoms. The van der Waals surface area contributed by atoms with E-state index in [0.717, 1.165) is 6.07 Å². The average molecular weight is 358 g/mol. The van der Waals surface area contributed by atoms with Gasteiger partial charge >= 0.3 is 6.18 Å². The van der Waals surface area contributed by atoms with Gasteiger partial charge in [0.25, 0.3) is 0 Å². The molecule has 2 aromatic rings. The molecule has 3 rings (SSSR count). The number of benzene rings is 1. The Kier molecular flexibility index (Phi) is 4.31. The number of hydrogen-bond donors (Lipinski definition) is 0. The number of Topliss-reactive ketones (excluding diaryl/α,β-unsaturated/α-hetero) is 1. The van der Waals surface area contributed by atoms with Gasteiger partial charge in [0.1, 0.15) is 6.61 Å². The van der Waals surface area contributed by atoms with Crippen molar-refractivity contribution in [1.29, 1.82) is 0 Å². The first-order chi connectivity index (χ1) is 11.3. The maximum absolute atomic E-state index is 13.0. The summed E-state index contributed by atoms with van der Waals surface area (Å²) >= 11 is 5.86. The fraction of sp³-hybridized carbons (Fsp3) is 0.267. The number of carbonyl (C=O) groups is 1. The average Bonchev–Trinajstić information content (AvgIpc) is 2.50. The Balaban J connectivity index is 1.71. The molecule has 0 atom stereocenters. The van der Waals surface area contributed by atoms with Crippen molar-refractivity contribution in [2.24, 2.45) is 0 Å². The highest BCUT2D eigenvalue weighted by molar-refractivity contribution is 6.31. The second kappa shape index (κ2) is 6.27. The van der Waals surface area contributed by atoms with Crippen molar-refractivity contribution in [2.45, 2.75) is 12.8 Å². The zero-order valence-electron chi connectivity index (χ0n) is 12.2. The van der Waals surface area contributed by atoms with Gasteiger partial charge in [0.05, 0.1) is 31.0 Å². The molecule has 1 aliphatic heterocycles. The number of nitrogens with zero attached hydrogens (tertiary/aromatic N) is 3. The number of ether oxygens (including phenoxy) is 1. The van der Waals surface area contributed by atoms with E-state index in [4.69, 9.17) is 16.3 Å². The van der Waals surface area contributed by atoms with Gasteiger partial charge in [-0.15, -0.1) is 0 Å². The van der Waals surface area contributed by atoms with Crippen LogP contribution in [0, 0.1) is 0 Å². The molecule has 1 aromatic heterocycles. The van der Waals surface area contributed by atoms with Gasteiger partial charge in [0, 0.05) is 10.6 Å². The van der Waals surface area contributed by atoms with Gasteiger partial charge < -0.3 is 9.64 Å². The standard InChI is InChI=1S/C15H11ClF3N3O2/c16-13-3-1-2-12(15(17,18)19)11(13)8-24-10-4-20-14(21-5-10)22-6-9(23)7-22/h1-5H,6-8H2. The first kappa shape index (κ1) is 16.5. The highest BCUT2D eigenvalue weighted by Crippen LogP contribution is 2.35. The van der Waals surface area contributed by atoms with Gasteiger partial charge in [0.2, 0.25) is 5.95 Å². The van der Waals surface area contributed by atoms with Gasteiger partial charge in [-0.05, 0) is 12.1 Å². The Morgan fingerprint density at radius 2 is 1.88 bits per heavy atom. The Labute approximate surface area is 140 Å². The third-order valence-corrected chi connectivity index (χ3v) is 3.79. The molecule has 0 bridgehead atoms. The molecule has 1 fully saturated rings. The second-order valence-electron chi connectivity index (χ2n) is 5.17. The number of aromatic nitrogens is 2. The normalized spacial score (nSPS) is 14.5. The van der Waals surface area contributed by atoms with Crippen LogP contribution in [0.1, 0.15) is 11.1 Å². The van der Waals surface area contributed by atoms with Crippen LogP contribution in [0.25, 0.3) is 0 Å². The van der Waals surface area contributed by atoms with Gasteiger partial charge in [-0.25, -0.2) is 9.97 Å². The molecular formula is C15H11ClF3N3O2. The third kappa shape index (κ3) is 3.43. The summed E-state index contributed by atoms with van der Waals surface area (Å²) in [6.07, 6.45) is -1.83. The molecule has 126 valence electrons. The van der Waals surface area contributed by atoms with Crippen molar-refractivity contribution in [3.63, 3.8) is 0 Å². The fourth-order valence-corrected chi connectivity index (χ4v) is 2.42. The van der Waals surface area contributed by atoms with Gasteiger partial charge in [-0.1, -0.05) is 17.7 Å². The van der Waals surface area contributed by atoms with Crippen molar-refractivity contribution < 1.29 is 22.7 Å². The predicted octanol–water partition coefficient (Wildman–Crippen LogP) is 3.12. The molecular weight excluding hydrogens is 347 g/mol. The van der Waals surface area contributed by atoms with Gasteiger partial charge in [-0.3, -0.25) is 4.79 Å². The topological polar surface area (TPSA) is 55.3 Å². The number of alkyl halides is 3. The molecule has 0 N–H and O–H groups in total. The van der Waals surface area contributed by atoms with Crippen LogP contribution < -0.4 is 9.64 Å². The summed E-state index contributed by atoms with van der Waals surface area (Å²) in [6, 6.07) is 3.56. The maximum Gasteiger partial charge on any atom is 0.416 e. The highest BCUT2D eigenvalue weighted by atomic mass is 35.5. The first-order valence-corrected chi connectivity index (χ1v) is 7.28. The number of anilines is 1. The minimum absolute atomic E-state index is 0.0264. The van der Waals surface area contributed by atoms with E-state index in [1.54, 1.807) is 4.90 Å². The van der Waals surface area contributed by atoms with Gasteiger partial charge in [-0.2, -0.15) is 13.2 Å². The molecule has 2 heterocycles. The van der Waals surface area contributed by atoms with Crippen LogP contribution in [-0.2, 0) is 17.6 Å². The van der Waals surface area contributed by atoms with Crippen LogP contribution in [0.2, 0.25) is 5.02 Å². The number of hydrogen-bond acceptors (Lipinski definition) is 5. The van der Waals surface area contributed by atoms with E-state index in [1.807, 2.05) is 0 Å². The van der Waals surface area contributed by atoms with Crippen molar-refractivity contribution >= 4 is 23.3 Å². The van der Waals surface area contributed by atoms with E-state index in [2.05, 4.69) is 9.97 Å². The molecule has 1 saturated heterocycles. The zero-order valence-corrected chi connectivity index (χ0v) is 12.9. The number of halogens is 4. The zero-order chi connectivity index (χ0) is 17.3. The van der Waals surface area contributed by atoms with Crippen LogP contribution in [0.3, 0.4) is 0 Å². The van der Waals surface area contributed by atoms with Crippen LogP contribution in [0.4, 0.5) is 19.1 Å². The molecule has 0 unspecified atom stereocenters. The summed E-state index contributed by atoms with van der Waals surface area (Å²) in [5.74, 6) is 0.673. The molecule has 1 aromatic carbocycles. The number of ketones is 1. The van der Waals surface area contributed by atoms with Crippen molar-refractivity contribution in [3.05, 3.63) is 46.7 Å². The summed E-state index contributed by atoms with van der Waals surface area (Å²) < 4.78 is 44.3. The van der Waals surface area contributed by atoms with Crippen molar-refractivity contribution in [3.8, 4) is 5.75 Å². The molecule has 5 nitrogen and oxygen atoms in total. The van der Waals surface area contributed by atoms with Crippen LogP contribution in [0.5, 0.6) is 5.75 Å². The van der Waals surface area contributed by atoms with Crippen LogP contribution >= 0.6 is 11.6 Å². The largest absolute Gasteiger partial charge is 0.486 e. The minimum Gasteiger partial charge on any atom is -0.486 e. The third-order valence-electron chi connectivity index (χ3n) is 3.44. The van der Waals surface area contributed by atoms with Crippen molar-refractivity contribution in [2.75, 3.05) is 18.0 Å². The minimum atomic E-state index is -4.52. The molecule has 0 radical (unpaired) electrons. The lowest BCUT2D eigenvalue weighted by atomic mass is 10.1. The molecule has 0 saturated carbocycles. The lowest BCUT2D eigenvalue weighted by Gasteiger charge is -2.28. The van der Waals surface area contributed by atoms with Crippen LogP contribution in [0.15, 0.2) is 30.6 Å². The predicted molar refractivity (Wildman–Crippen MR) is 80.0 cm³/mol. The van der Waals surface area contributed by atoms with Crippen LogP contribution in [-0.4, -0.2) is 28.8 Å². The molecule has 1 aliphatic rings. The summed E-state index contributed by atoms with van der Waals surface area (Å²) in [5.41, 5.74) is -0.990. The van der Waals surface area contributed by atoms with Crippen molar-refractivity contribution in [1.82, 2.24) is 9.97 Å². The molecule has 24 heavy (non-hydrogen) atoms. The van der Waals surface area contributed by atoms with Gasteiger partial charge in [0.15, 0.2) is 11.5 Å². The summed E-state index contributed by atoms with van der Waals surface area (Å²) in [4.78, 5) is 20.6. The summed E-state index contributed by atoms with van der Waals surface area (Å²) in [5, 5.41) is -0.0264. The number of rotatable bonds is 4. The smallest absolute Gasteiger partial charge is 0.416 e. The summed E-state index contributed by atoms with van der Waals surface area (Å²) in [6.45, 7) is 0.156. The molecule has 0 aliphatic carbocycles. The monoisotopic (exact) mass is 357 g/mol. The molecule has 0 spiro atoms. The van der Waals surface area contributed by atoms with E-state index >= 15 is 0 Å². The highest BCUT2D eigenvalue weighted by Gasteiger charge is 2.34.